The van der Waals surface area contributed by atoms with Crippen LogP contribution in [0.4, 0.5) is 0 Å². The molecule has 0 bridgehead atoms. The Morgan fingerprint density at radius 3 is 1.91 bits per heavy atom. The molecule has 0 unspecified atom stereocenters. The van der Waals surface area contributed by atoms with Gasteiger partial charge in [-0.3, -0.25) is 0 Å². The van der Waals surface area contributed by atoms with Crippen molar-refractivity contribution >= 4 is 12.7 Å². The van der Waals surface area contributed by atoms with Crippen LogP contribution < -0.4 is 0 Å². The number of rotatable bonds is 2. The van der Waals surface area contributed by atoms with Gasteiger partial charge in [-0.2, -0.15) is 0 Å². The first-order valence-electron chi connectivity index (χ1n) is 8.49. The Balaban J connectivity index is 2.03. The second-order valence-corrected chi connectivity index (χ2v) is 7.87. The molecule has 122 valence electrons. The maximum atomic E-state index is 6.34. The summed E-state index contributed by atoms with van der Waals surface area (Å²) in [5, 5.41) is 0. The van der Waals surface area contributed by atoms with Gasteiger partial charge in [-0.15, -0.1) is 0 Å². The highest BCUT2D eigenvalue weighted by Gasteiger charge is 2.53. The molecule has 0 N–H and O–H groups in total. The Hall–Kier alpha value is -1.32. The maximum absolute atomic E-state index is 6.34. The van der Waals surface area contributed by atoms with Gasteiger partial charge in [-0.05, 0) is 71.0 Å². The molecule has 0 saturated carbocycles. The van der Waals surface area contributed by atoms with E-state index in [0.29, 0.717) is 0 Å². The molecule has 3 heteroatoms. The summed E-state index contributed by atoms with van der Waals surface area (Å²) in [5.41, 5.74) is 6.25. The quantitative estimate of drug-likeness (QED) is 0.552. The van der Waals surface area contributed by atoms with Crippen LogP contribution in [0.25, 0.3) is 5.57 Å². The van der Waals surface area contributed by atoms with E-state index in [-0.39, 0.29) is 18.3 Å². The van der Waals surface area contributed by atoms with Crippen molar-refractivity contribution in [2.75, 3.05) is 0 Å². The van der Waals surface area contributed by atoms with Crippen LogP contribution in [0.2, 0.25) is 0 Å². The van der Waals surface area contributed by atoms with Crippen LogP contribution in [0.5, 0.6) is 0 Å². The minimum absolute atomic E-state index is 0.252. The van der Waals surface area contributed by atoms with Crippen LogP contribution in [-0.2, 0) is 9.31 Å². The molecule has 0 atom stereocenters. The van der Waals surface area contributed by atoms with Gasteiger partial charge in [0.05, 0.1) is 11.2 Å². The van der Waals surface area contributed by atoms with Gasteiger partial charge in [0, 0.05) is 0 Å². The Morgan fingerprint density at radius 1 is 0.826 bits per heavy atom. The first-order valence-corrected chi connectivity index (χ1v) is 8.49. The first kappa shape index (κ1) is 16.5. The van der Waals surface area contributed by atoms with Gasteiger partial charge in [-0.1, -0.05) is 41.5 Å². The van der Waals surface area contributed by atoms with Gasteiger partial charge in [0.15, 0.2) is 0 Å². The fourth-order valence-corrected chi connectivity index (χ4v) is 3.21. The molecule has 23 heavy (non-hydrogen) atoms. The fourth-order valence-electron chi connectivity index (χ4n) is 3.21. The smallest absolute Gasteiger partial charge is 0.400 e. The molecule has 0 radical (unpaired) electrons. The summed E-state index contributed by atoms with van der Waals surface area (Å²) in [6.45, 7) is 12.9. The topological polar surface area (TPSA) is 18.5 Å². The molecule has 1 saturated heterocycles. The average Bonchev–Trinajstić information content (AvgIpc) is 2.70. The highest BCUT2D eigenvalue weighted by Crippen LogP contribution is 2.44. The molecule has 3 rings (SSSR count). The van der Waals surface area contributed by atoms with Gasteiger partial charge < -0.3 is 9.31 Å². The predicted molar refractivity (Wildman–Crippen MR) is 97.1 cm³/mol. The van der Waals surface area contributed by atoms with Gasteiger partial charge in [0.2, 0.25) is 0 Å². The zero-order chi connectivity index (χ0) is 16.8. The summed E-state index contributed by atoms with van der Waals surface area (Å²) in [6.07, 6.45) is 1.92. The summed E-state index contributed by atoms with van der Waals surface area (Å²) < 4.78 is 12.7. The molecule has 1 fully saturated rings. The van der Waals surface area contributed by atoms with Gasteiger partial charge in [-0.25, -0.2) is 0 Å². The van der Waals surface area contributed by atoms with Crippen LogP contribution >= 0.6 is 0 Å². The van der Waals surface area contributed by atoms with Crippen molar-refractivity contribution < 1.29 is 9.31 Å². The molecule has 1 aromatic carbocycles. The second-order valence-electron chi connectivity index (χ2n) is 7.87. The standard InChI is InChI=1S/C20H27BO2/c1-14-12-17(16-10-8-7-9-11-16)18(13-15(14)2)21-22-19(3,4)20(5,6)23-21/h7-11H,12-13H2,1-6H3. The Labute approximate surface area is 140 Å². The molecule has 1 aromatic rings. The van der Waals surface area contributed by atoms with Crippen molar-refractivity contribution in [3.05, 3.63) is 52.5 Å². The minimum Gasteiger partial charge on any atom is -0.400 e. The van der Waals surface area contributed by atoms with E-state index in [1.165, 1.54) is 27.8 Å². The third-order valence-corrected chi connectivity index (χ3v) is 5.67. The summed E-state index contributed by atoms with van der Waals surface area (Å²) >= 11 is 0. The molecular weight excluding hydrogens is 283 g/mol. The van der Waals surface area contributed by atoms with Gasteiger partial charge in [0.1, 0.15) is 0 Å². The molecule has 1 heterocycles. The lowest BCUT2D eigenvalue weighted by atomic mass is 9.67. The van der Waals surface area contributed by atoms with Crippen molar-refractivity contribution in [3.8, 4) is 0 Å². The summed E-state index contributed by atoms with van der Waals surface area (Å²) in [4.78, 5) is 0. The third-order valence-electron chi connectivity index (χ3n) is 5.67. The SMILES string of the molecule is CC1=C(C)CC(c2ccccc2)=C(B2OC(C)(C)C(C)(C)O2)C1. The van der Waals surface area contributed by atoms with Crippen molar-refractivity contribution in [1.29, 1.82) is 0 Å². The lowest BCUT2D eigenvalue weighted by Crippen LogP contribution is -2.41. The van der Waals surface area contributed by atoms with Crippen LogP contribution in [0, 0.1) is 0 Å². The van der Waals surface area contributed by atoms with E-state index >= 15 is 0 Å². The normalized spacial score (nSPS) is 23.7. The summed E-state index contributed by atoms with van der Waals surface area (Å²) in [5.74, 6) is 0. The van der Waals surface area contributed by atoms with Crippen LogP contribution in [0.1, 0.15) is 59.9 Å². The van der Waals surface area contributed by atoms with Crippen LogP contribution in [-0.4, -0.2) is 18.3 Å². The highest BCUT2D eigenvalue weighted by molar-refractivity contribution is 6.56. The van der Waals surface area contributed by atoms with E-state index in [9.17, 15) is 0 Å². The largest absolute Gasteiger partial charge is 0.491 e. The van der Waals surface area contributed by atoms with Crippen molar-refractivity contribution in [1.82, 2.24) is 0 Å². The van der Waals surface area contributed by atoms with Gasteiger partial charge >= 0.3 is 7.12 Å². The molecule has 0 spiro atoms. The Bertz CT molecular complexity index is 652. The average molecular weight is 310 g/mol. The van der Waals surface area contributed by atoms with E-state index in [4.69, 9.17) is 9.31 Å². The lowest BCUT2D eigenvalue weighted by Gasteiger charge is -2.32. The van der Waals surface area contributed by atoms with E-state index in [1.807, 2.05) is 0 Å². The van der Waals surface area contributed by atoms with Gasteiger partial charge in [0.25, 0.3) is 0 Å². The van der Waals surface area contributed by atoms with Crippen molar-refractivity contribution in [2.24, 2.45) is 0 Å². The molecular formula is C20H27BO2. The van der Waals surface area contributed by atoms with E-state index in [2.05, 4.69) is 71.9 Å². The Morgan fingerprint density at radius 2 is 1.35 bits per heavy atom. The monoisotopic (exact) mass is 310 g/mol. The Kier molecular flexibility index (Phi) is 4.06. The lowest BCUT2D eigenvalue weighted by molar-refractivity contribution is 0.00578. The maximum Gasteiger partial charge on any atom is 0.491 e. The number of allylic oxidation sites excluding steroid dienone is 4. The third kappa shape index (κ3) is 2.93. The second kappa shape index (κ2) is 5.64. The zero-order valence-electron chi connectivity index (χ0n) is 15.2. The fraction of sp³-hybridized carbons (Fsp3) is 0.500. The summed E-state index contributed by atoms with van der Waals surface area (Å²) in [6, 6.07) is 10.6. The van der Waals surface area contributed by atoms with Crippen molar-refractivity contribution in [2.45, 2.75) is 65.6 Å². The first-order chi connectivity index (χ1) is 10.7. The highest BCUT2D eigenvalue weighted by atomic mass is 16.7. The molecule has 2 aliphatic rings. The molecule has 1 aliphatic heterocycles. The molecule has 0 amide bonds. The number of hydrogen-bond acceptors (Lipinski definition) is 2. The minimum atomic E-state index is -0.295. The zero-order valence-corrected chi connectivity index (χ0v) is 15.2. The molecule has 0 aromatic heterocycles. The number of hydrogen-bond donors (Lipinski definition) is 0. The summed E-state index contributed by atoms with van der Waals surface area (Å²) in [7, 11) is -0.252. The number of benzene rings is 1. The van der Waals surface area contributed by atoms with Crippen LogP contribution in [0.3, 0.4) is 0 Å². The van der Waals surface area contributed by atoms with Crippen molar-refractivity contribution in [3.63, 3.8) is 0 Å². The predicted octanol–water partition coefficient (Wildman–Crippen LogP) is 5.20. The van der Waals surface area contributed by atoms with E-state index in [0.717, 1.165) is 12.8 Å². The van der Waals surface area contributed by atoms with E-state index in [1.54, 1.807) is 0 Å². The molecule has 2 nitrogen and oxygen atoms in total. The van der Waals surface area contributed by atoms with E-state index < -0.39 is 0 Å². The van der Waals surface area contributed by atoms with Crippen LogP contribution in [0.15, 0.2) is 47.0 Å². The molecule has 1 aliphatic carbocycles.